The lowest BCUT2D eigenvalue weighted by atomic mass is 9.45. The second-order valence-electron chi connectivity index (χ2n) is 7.05. The molecule has 114 valence electrons. The fourth-order valence-electron chi connectivity index (χ4n) is 4.27. The van der Waals surface area contributed by atoms with Gasteiger partial charge in [0, 0.05) is 25.5 Å². The number of aliphatic hydroxyl groups excluding tert-OH is 1. The number of nitrogens with one attached hydrogen (secondary N) is 1. The minimum Gasteiger partial charge on any atom is -0.396 e. The number of hydrogen-bond donors (Lipinski definition) is 2. The summed E-state index contributed by atoms with van der Waals surface area (Å²) in [6.45, 7) is 1.60. The summed E-state index contributed by atoms with van der Waals surface area (Å²) in [7, 11) is 1.56. The second kappa shape index (κ2) is 4.97. The Balaban J connectivity index is 1.54. The van der Waals surface area contributed by atoms with Crippen molar-refractivity contribution in [1.82, 2.24) is 5.32 Å². The van der Waals surface area contributed by atoms with Gasteiger partial charge < -0.3 is 19.9 Å². The van der Waals surface area contributed by atoms with Crippen LogP contribution >= 0.6 is 0 Å². The minimum absolute atomic E-state index is 0.0973. The maximum Gasteiger partial charge on any atom is 0.254 e. The molecular weight excluding hydrogens is 258 g/mol. The van der Waals surface area contributed by atoms with Crippen molar-refractivity contribution >= 4 is 5.91 Å². The van der Waals surface area contributed by atoms with Gasteiger partial charge in [-0.15, -0.1) is 0 Å². The highest BCUT2D eigenvalue weighted by atomic mass is 16.6. The van der Waals surface area contributed by atoms with Crippen LogP contribution in [-0.2, 0) is 14.3 Å². The highest BCUT2D eigenvalue weighted by Crippen LogP contribution is 2.64. The van der Waals surface area contributed by atoms with Gasteiger partial charge in [-0.3, -0.25) is 4.79 Å². The first-order valence-electron chi connectivity index (χ1n) is 7.60. The van der Waals surface area contributed by atoms with Gasteiger partial charge in [0.2, 0.25) is 0 Å². The largest absolute Gasteiger partial charge is 0.396 e. The zero-order valence-electron chi connectivity index (χ0n) is 12.2. The van der Waals surface area contributed by atoms with Gasteiger partial charge >= 0.3 is 0 Å². The lowest BCUT2D eigenvalue weighted by Gasteiger charge is -2.60. The molecule has 1 saturated heterocycles. The molecule has 0 bridgehead atoms. The van der Waals surface area contributed by atoms with E-state index in [0.29, 0.717) is 31.6 Å². The number of ether oxygens (including phenoxy) is 2. The third-order valence-corrected chi connectivity index (χ3v) is 5.66. The van der Waals surface area contributed by atoms with E-state index in [4.69, 9.17) is 9.47 Å². The van der Waals surface area contributed by atoms with Crippen molar-refractivity contribution in [2.45, 2.75) is 44.1 Å². The third-order valence-electron chi connectivity index (χ3n) is 5.66. The molecule has 1 heterocycles. The fourth-order valence-corrected chi connectivity index (χ4v) is 4.27. The summed E-state index contributed by atoms with van der Waals surface area (Å²) in [6.07, 6.45) is 6.60. The first-order valence-corrected chi connectivity index (χ1v) is 7.60. The Labute approximate surface area is 120 Å². The molecule has 1 spiro atoms. The van der Waals surface area contributed by atoms with Crippen molar-refractivity contribution in [1.29, 1.82) is 0 Å². The van der Waals surface area contributed by atoms with E-state index in [2.05, 4.69) is 5.32 Å². The van der Waals surface area contributed by atoms with Gasteiger partial charge in [0.15, 0.2) is 5.60 Å². The molecule has 20 heavy (non-hydrogen) atoms. The lowest BCUT2D eigenvalue weighted by molar-refractivity contribution is -0.149. The van der Waals surface area contributed by atoms with Crippen LogP contribution in [0.25, 0.3) is 0 Å². The third kappa shape index (κ3) is 2.16. The van der Waals surface area contributed by atoms with E-state index in [0.717, 1.165) is 12.8 Å². The molecule has 1 atom stereocenters. The number of rotatable bonds is 5. The molecule has 2 N–H and O–H groups in total. The average Bonchev–Trinajstić information content (AvgIpc) is 2.86. The van der Waals surface area contributed by atoms with E-state index >= 15 is 0 Å². The standard InChI is InChI=1S/C15H25NO4/c1-19-15(5-6-20-11-15)12(18)16-9-14(10-17)7-13(8-14)3-2-4-13/h17H,2-11H2,1H3,(H,16,18)/t15-/m0/s1. The van der Waals surface area contributed by atoms with Crippen molar-refractivity contribution in [2.75, 3.05) is 33.5 Å². The Kier molecular flexibility index (Phi) is 3.55. The first-order chi connectivity index (χ1) is 9.58. The Bertz CT molecular complexity index is 377. The van der Waals surface area contributed by atoms with Crippen LogP contribution in [0.2, 0.25) is 0 Å². The summed E-state index contributed by atoms with van der Waals surface area (Å²) in [4.78, 5) is 12.3. The summed E-state index contributed by atoms with van der Waals surface area (Å²) in [5.74, 6) is -0.0973. The highest BCUT2D eigenvalue weighted by Gasteiger charge is 2.57. The van der Waals surface area contributed by atoms with E-state index in [-0.39, 0.29) is 17.9 Å². The van der Waals surface area contributed by atoms with E-state index in [1.807, 2.05) is 0 Å². The summed E-state index contributed by atoms with van der Waals surface area (Å²) < 4.78 is 10.7. The first kappa shape index (κ1) is 14.3. The Morgan fingerprint density at radius 2 is 2.10 bits per heavy atom. The topological polar surface area (TPSA) is 67.8 Å². The van der Waals surface area contributed by atoms with Crippen LogP contribution < -0.4 is 5.32 Å². The van der Waals surface area contributed by atoms with Crippen molar-refractivity contribution < 1.29 is 19.4 Å². The lowest BCUT2D eigenvalue weighted by Crippen LogP contribution is -2.59. The molecule has 0 unspecified atom stereocenters. The Morgan fingerprint density at radius 1 is 1.35 bits per heavy atom. The molecule has 2 saturated carbocycles. The second-order valence-corrected chi connectivity index (χ2v) is 7.05. The van der Waals surface area contributed by atoms with Crippen molar-refractivity contribution in [3.05, 3.63) is 0 Å². The number of amides is 1. The molecule has 5 heteroatoms. The summed E-state index contributed by atoms with van der Waals surface area (Å²) in [6, 6.07) is 0. The summed E-state index contributed by atoms with van der Waals surface area (Å²) in [5, 5.41) is 12.7. The van der Waals surface area contributed by atoms with Crippen LogP contribution in [0.4, 0.5) is 0 Å². The van der Waals surface area contributed by atoms with E-state index in [1.165, 1.54) is 19.3 Å². The number of aliphatic hydroxyl groups is 1. The average molecular weight is 283 g/mol. The fraction of sp³-hybridized carbons (Fsp3) is 0.933. The van der Waals surface area contributed by atoms with Crippen LogP contribution in [0.1, 0.15) is 38.5 Å². The van der Waals surface area contributed by atoms with E-state index < -0.39 is 5.60 Å². The predicted octanol–water partition coefficient (Wildman–Crippen LogP) is 0.851. The summed E-state index contributed by atoms with van der Waals surface area (Å²) >= 11 is 0. The molecule has 3 aliphatic rings. The molecular formula is C15H25NO4. The molecule has 0 aromatic heterocycles. The van der Waals surface area contributed by atoms with Gasteiger partial charge in [0.1, 0.15) is 0 Å². The molecule has 1 amide bonds. The molecule has 3 fully saturated rings. The van der Waals surface area contributed by atoms with Crippen LogP contribution in [0, 0.1) is 10.8 Å². The molecule has 0 aromatic rings. The van der Waals surface area contributed by atoms with Crippen molar-refractivity contribution in [3.8, 4) is 0 Å². The number of carbonyl (C=O) groups excluding carboxylic acids is 1. The number of hydrogen-bond acceptors (Lipinski definition) is 4. The zero-order valence-corrected chi connectivity index (χ0v) is 12.2. The maximum atomic E-state index is 12.3. The quantitative estimate of drug-likeness (QED) is 0.785. The van der Waals surface area contributed by atoms with Crippen LogP contribution in [0.3, 0.4) is 0 Å². The Morgan fingerprint density at radius 3 is 2.55 bits per heavy atom. The summed E-state index contributed by atoms with van der Waals surface area (Å²) in [5.41, 5.74) is -0.443. The van der Waals surface area contributed by atoms with Crippen LogP contribution in [0.15, 0.2) is 0 Å². The molecule has 0 radical (unpaired) electrons. The monoisotopic (exact) mass is 283 g/mol. The minimum atomic E-state index is -0.825. The van der Waals surface area contributed by atoms with Crippen molar-refractivity contribution in [2.24, 2.45) is 10.8 Å². The Hall–Kier alpha value is -0.650. The van der Waals surface area contributed by atoms with Gasteiger partial charge in [-0.25, -0.2) is 0 Å². The number of carbonyl (C=O) groups is 1. The molecule has 2 aliphatic carbocycles. The van der Waals surface area contributed by atoms with Gasteiger partial charge in [0.05, 0.1) is 19.8 Å². The molecule has 1 aliphatic heterocycles. The number of methoxy groups -OCH3 is 1. The molecule has 0 aromatic carbocycles. The van der Waals surface area contributed by atoms with E-state index in [9.17, 15) is 9.90 Å². The smallest absolute Gasteiger partial charge is 0.254 e. The maximum absolute atomic E-state index is 12.3. The highest BCUT2D eigenvalue weighted by molar-refractivity contribution is 5.85. The predicted molar refractivity (Wildman–Crippen MR) is 73.2 cm³/mol. The SMILES string of the molecule is CO[C@@]1(C(=O)NCC2(CO)CC3(CCC3)C2)CCOC1. The zero-order chi connectivity index (χ0) is 14.3. The van der Waals surface area contributed by atoms with Crippen LogP contribution in [0.5, 0.6) is 0 Å². The van der Waals surface area contributed by atoms with E-state index in [1.54, 1.807) is 7.11 Å². The molecule has 3 rings (SSSR count). The van der Waals surface area contributed by atoms with Gasteiger partial charge in [-0.05, 0) is 31.1 Å². The molecule has 5 nitrogen and oxygen atoms in total. The van der Waals surface area contributed by atoms with Crippen LogP contribution in [-0.4, -0.2) is 50.1 Å². The van der Waals surface area contributed by atoms with Gasteiger partial charge in [0.25, 0.3) is 5.91 Å². The van der Waals surface area contributed by atoms with Gasteiger partial charge in [-0.1, -0.05) is 6.42 Å². The van der Waals surface area contributed by atoms with Crippen molar-refractivity contribution in [3.63, 3.8) is 0 Å². The normalized spacial score (nSPS) is 33.5. The van der Waals surface area contributed by atoms with Gasteiger partial charge in [-0.2, -0.15) is 0 Å².